The quantitative estimate of drug-likeness (QED) is 0.829. The van der Waals surface area contributed by atoms with E-state index in [2.05, 4.69) is 22.3 Å². The van der Waals surface area contributed by atoms with Gasteiger partial charge in [0, 0.05) is 13.1 Å². The molecule has 0 aromatic heterocycles. The molecule has 0 unspecified atom stereocenters. The molecule has 6 heteroatoms. The van der Waals surface area contributed by atoms with Crippen LogP contribution in [0.3, 0.4) is 0 Å². The molecule has 0 amide bonds. The predicted molar refractivity (Wildman–Crippen MR) is 102 cm³/mol. The van der Waals surface area contributed by atoms with Crippen molar-refractivity contribution >= 4 is 17.3 Å². The fourth-order valence-corrected chi connectivity index (χ4v) is 3.80. The molecular weight excluding hydrogens is 351 g/mol. The first kappa shape index (κ1) is 17.1. The Morgan fingerprint density at radius 3 is 2.69 bits per heavy atom. The summed E-state index contributed by atoms with van der Waals surface area (Å²) in [5.74, 6) is 1.39. The number of nitrogens with one attached hydrogen (secondary N) is 1. The topological polar surface area (TPSA) is 33.7 Å². The smallest absolute Gasteiger partial charge is 0.169 e. The third-order valence-corrected chi connectivity index (χ3v) is 5.20. The van der Waals surface area contributed by atoms with Crippen molar-refractivity contribution in [3.63, 3.8) is 0 Å². The van der Waals surface area contributed by atoms with E-state index in [0.717, 1.165) is 41.6 Å². The largest absolute Gasteiger partial charge is 0.486 e. The molecule has 1 atom stereocenters. The molecule has 136 valence electrons. The van der Waals surface area contributed by atoms with Crippen LogP contribution in [0.5, 0.6) is 11.5 Å². The second kappa shape index (κ2) is 7.50. The number of likely N-dealkylation sites (tertiary alicyclic amines) is 1. The van der Waals surface area contributed by atoms with E-state index in [1.165, 1.54) is 17.7 Å². The molecule has 0 radical (unpaired) electrons. The Morgan fingerprint density at radius 1 is 1.12 bits per heavy atom. The highest BCUT2D eigenvalue weighted by Crippen LogP contribution is 2.38. The molecule has 0 spiro atoms. The summed E-state index contributed by atoms with van der Waals surface area (Å²) in [5.41, 5.74) is 2.20. The Bertz CT molecular complexity index is 797. The van der Waals surface area contributed by atoms with Crippen molar-refractivity contribution in [2.24, 2.45) is 0 Å². The predicted octanol–water partition coefficient (Wildman–Crippen LogP) is 3.81. The average Bonchev–Trinajstić information content (AvgIpc) is 3.17. The first-order valence-electron chi connectivity index (χ1n) is 8.89. The highest BCUT2D eigenvalue weighted by atomic mass is 32.1. The fraction of sp³-hybridized carbons (Fsp3) is 0.350. The average molecular weight is 372 g/mol. The van der Waals surface area contributed by atoms with Gasteiger partial charge in [0.05, 0.1) is 6.04 Å². The number of thiocarbonyl (C=S) groups is 1. The molecule has 26 heavy (non-hydrogen) atoms. The summed E-state index contributed by atoms with van der Waals surface area (Å²) in [4.78, 5) is 2.23. The summed E-state index contributed by atoms with van der Waals surface area (Å²) < 4.78 is 24.3. The number of hydrogen-bond donors (Lipinski definition) is 1. The molecule has 0 aliphatic carbocycles. The first-order chi connectivity index (χ1) is 12.7. The second-order valence-electron chi connectivity index (χ2n) is 6.54. The van der Waals surface area contributed by atoms with E-state index in [-0.39, 0.29) is 11.9 Å². The van der Waals surface area contributed by atoms with Crippen molar-refractivity contribution in [3.8, 4) is 11.5 Å². The number of hydrogen-bond acceptors (Lipinski definition) is 3. The van der Waals surface area contributed by atoms with E-state index in [1.807, 2.05) is 6.07 Å². The molecule has 4 nitrogen and oxygen atoms in total. The zero-order valence-electron chi connectivity index (χ0n) is 14.4. The summed E-state index contributed by atoms with van der Waals surface area (Å²) >= 11 is 5.62. The highest BCUT2D eigenvalue weighted by Gasteiger charge is 2.29. The van der Waals surface area contributed by atoms with Gasteiger partial charge >= 0.3 is 0 Å². The Kier molecular flexibility index (Phi) is 4.93. The second-order valence-corrected chi connectivity index (χ2v) is 6.93. The van der Waals surface area contributed by atoms with Crippen molar-refractivity contribution in [1.29, 1.82) is 0 Å². The summed E-state index contributed by atoms with van der Waals surface area (Å²) in [5, 5.41) is 4.03. The molecule has 2 aromatic carbocycles. The number of halogens is 1. The normalized spacial score (nSPS) is 18.7. The number of ether oxygens (including phenoxy) is 2. The molecule has 4 rings (SSSR count). The van der Waals surface area contributed by atoms with Gasteiger partial charge in [0.1, 0.15) is 19.0 Å². The van der Waals surface area contributed by atoms with Crippen LogP contribution < -0.4 is 14.8 Å². The lowest BCUT2D eigenvalue weighted by Crippen LogP contribution is -2.38. The van der Waals surface area contributed by atoms with Gasteiger partial charge in [-0.3, -0.25) is 0 Å². The van der Waals surface area contributed by atoms with Crippen molar-refractivity contribution in [2.75, 3.05) is 19.8 Å². The molecule has 2 aromatic rings. The maximum absolute atomic E-state index is 13.0. The Hall–Kier alpha value is -2.34. The molecule has 1 saturated heterocycles. The van der Waals surface area contributed by atoms with Crippen LogP contribution in [0.15, 0.2) is 42.5 Å². The van der Waals surface area contributed by atoms with E-state index in [1.54, 1.807) is 12.1 Å². The molecule has 0 saturated carbocycles. The Balaban J connectivity index is 1.44. The van der Waals surface area contributed by atoms with E-state index in [0.29, 0.717) is 19.8 Å². The number of nitrogens with zero attached hydrogens (tertiary/aromatic N) is 1. The van der Waals surface area contributed by atoms with Gasteiger partial charge in [0.2, 0.25) is 0 Å². The van der Waals surface area contributed by atoms with Gasteiger partial charge in [-0.2, -0.15) is 0 Å². The summed E-state index contributed by atoms with van der Waals surface area (Å²) in [6, 6.07) is 12.9. The van der Waals surface area contributed by atoms with Crippen LogP contribution >= 0.6 is 12.2 Å². The minimum atomic E-state index is -0.227. The number of rotatable bonds is 3. The lowest BCUT2D eigenvalue weighted by atomic mass is 10.0. The van der Waals surface area contributed by atoms with Crippen LogP contribution in [0.4, 0.5) is 4.39 Å². The van der Waals surface area contributed by atoms with Gasteiger partial charge in [-0.25, -0.2) is 4.39 Å². The van der Waals surface area contributed by atoms with Crippen molar-refractivity contribution in [2.45, 2.75) is 25.4 Å². The molecule has 2 heterocycles. The fourth-order valence-electron chi connectivity index (χ4n) is 3.51. The van der Waals surface area contributed by atoms with Crippen LogP contribution in [0.1, 0.15) is 30.0 Å². The van der Waals surface area contributed by atoms with Crippen LogP contribution in [0, 0.1) is 5.82 Å². The van der Waals surface area contributed by atoms with Gasteiger partial charge in [-0.05, 0) is 60.5 Å². The van der Waals surface area contributed by atoms with Crippen LogP contribution in [-0.2, 0) is 6.54 Å². The maximum Gasteiger partial charge on any atom is 0.169 e. The van der Waals surface area contributed by atoms with Crippen LogP contribution in [-0.4, -0.2) is 29.8 Å². The van der Waals surface area contributed by atoms with Crippen molar-refractivity contribution in [1.82, 2.24) is 10.2 Å². The number of benzene rings is 2. The molecule has 1 fully saturated rings. The van der Waals surface area contributed by atoms with E-state index in [9.17, 15) is 4.39 Å². The molecule has 1 N–H and O–H groups in total. The molecule has 2 aliphatic rings. The van der Waals surface area contributed by atoms with Gasteiger partial charge in [0.25, 0.3) is 0 Å². The monoisotopic (exact) mass is 372 g/mol. The Labute approximate surface area is 157 Å². The van der Waals surface area contributed by atoms with E-state index in [4.69, 9.17) is 21.7 Å². The Morgan fingerprint density at radius 2 is 1.88 bits per heavy atom. The maximum atomic E-state index is 13.0. The zero-order chi connectivity index (χ0) is 17.9. The molecular formula is C20H21FN2O2S. The summed E-state index contributed by atoms with van der Waals surface area (Å²) in [6.07, 6.45) is 2.15. The minimum Gasteiger partial charge on any atom is -0.486 e. The van der Waals surface area contributed by atoms with Gasteiger partial charge in [-0.1, -0.05) is 18.2 Å². The third kappa shape index (κ3) is 3.60. The summed E-state index contributed by atoms with van der Waals surface area (Å²) in [6.45, 7) is 2.69. The molecule has 0 bridgehead atoms. The third-order valence-electron chi connectivity index (χ3n) is 4.82. The van der Waals surface area contributed by atoms with Crippen molar-refractivity contribution < 1.29 is 13.9 Å². The minimum absolute atomic E-state index is 0.227. The van der Waals surface area contributed by atoms with Gasteiger partial charge < -0.3 is 19.7 Å². The summed E-state index contributed by atoms with van der Waals surface area (Å²) in [7, 11) is 0. The zero-order valence-corrected chi connectivity index (χ0v) is 15.2. The van der Waals surface area contributed by atoms with Crippen molar-refractivity contribution in [3.05, 3.63) is 59.4 Å². The van der Waals surface area contributed by atoms with Crippen LogP contribution in [0.25, 0.3) is 0 Å². The first-order valence-corrected chi connectivity index (χ1v) is 9.30. The van der Waals surface area contributed by atoms with Gasteiger partial charge in [-0.15, -0.1) is 0 Å². The van der Waals surface area contributed by atoms with E-state index < -0.39 is 0 Å². The molecule has 2 aliphatic heterocycles. The highest BCUT2D eigenvalue weighted by molar-refractivity contribution is 7.80. The van der Waals surface area contributed by atoms with Crippen LogP contribution in [0.2, 0.25) is 0 Å². The van der Waals surface area contributed by atoms with Gasteiger partial charge in [0.15, 0.2) is 16.6 Å². The SMILES string of the molecule is Fc1ccc(CNC(=S)N2CCC[C@@H]2c2ccc3c(c2)OCCO3)cc1. The van der Waals surface area contributed by atoms with E-state index >= 15 is 0 Å². The standard InChI is InChI=1S/C20H21FN2O2S/c21-16-6-3-14(4-7-16)13-22-20(26)23-9-1-2-17(23)15-5-8-18-19(12-15)25-11-10-24-18/h3-8,12,17H,1-2,9-11,13H2,(H,22,26)/t17-/m1/s1. The lowest BCUT2D eigenvalue weighted by Gasteiger charge is -2.29. The lowest BCUT2D eigenvalue weighted by molar-refractivity contribution is 0.171. The number of fused-ring (bicyclic) bond motifs is 1.